The Bertz CT molecular complexity index is 1490. The average Bonchev–Trinajstić information content (AvgIpc) is 3.31. The number of aromatic nitrogens is 1. The number of nitrogens with one attached hydrogen (secondary N) is 1. The molecule has 0 saturated heterocycles. The summed E-state index contributed by atoms with van der Waals surface area (Å²) in [6, 6.07) is 27.1. The number of hydrogen-bond donors (Lipinski definition) is 1. The Kier molecular flexibility index (Phi) is 7.25. The highest BCUT2D eigenvalue weighted by atomic mass is 79.9. The van der Waals surface area contributed by atoms with Gasteiger partial charge in [-0.25, -0.2) is 4.98 Å². The molecule has 0 aliphatic rings. The van der Waals surface area contributed by atoms with Crippen molar-refractivity contribution in [1.29, 1.82) is 0 Å². The van der Waals surface area contributed by atoms with Gasteiger partial charge in [-0.15, -0.1) is 11.3 Å². The number of nitrogens with zero attached hydrogens (tertiary/aromatic N) is 1. The normalized spacial score (nSPS) is 11.0. The molecular weight excluding hydrogens is 532 g/mol. The van der Waals surface area contributed by atoms with E-state index < -0.39 is 0 Å². The monoisotopic (exact) mass is 558 g/mol. The molecule has 0 unspecified atom stereocenters. The lowest BCUT2D eigenvalue weighted by Crippen LogP contribution is -2.03. The van der Waals surface area contributed by atoms with Crippen molar-refractivity contribution in [3.8, 4) is 22.1 Å². The molecule has 182 valence electrons. The van der Waals surface area contributed by atoms with Crippen molar-refractivity contribution in [2.24, 2.45) is 0 Å². The van der Waals surface area contributed by atoms with E-state index in [1.807, 2.05) is 12.1 Å². The maximum atomic E-state index is 6.06. The van der Waals surface area contributed by atoms with Crippen LogP contribution in [0.3, 0.4) is 0 Å². The van der Waals surface area contributed by atoms with E-state index in [0.717, 1.165) is 37.4 Å². The minimum Gasteiger partial charge on any atom is -0.493 e. The molecule has 0 saturated carbocycles. The van der Waals surface area contributed by atoms with Crippen molar-refractivity contribution >= 4 is 43.2 Å². The molecule has 0 aliphatic carbocycles. The van der Waals surface area contributed by atoms with Crippen LogP contribution in [0.4, 0.5) is 5.69 Å². The zero-order valence-corrected chi connectivity index (χ0v) is 22.9. The Balaban J connectivity index is 1.25. The van der Waals surface area contributed by atoms with Crippen LogP contribution in [0.1, 0.15) is 22.3 Å². The molecule has 4 aromatic carbocycles. The van der Waals surface area contributed by atoms with Gasteiger partial charge in [0, 0.05) is 22.3 Å². The number of anilines is 1. The largest absolute Gasteiger partial charge is 0.493 e. The maximum Gasteiger partial charge on any atom is 0.162 e. The molecule has 4 nitrogen and oxygen atoms in total. The number of halogens is 1. The standard InChI is InChI=1S/C30H27BrN2O2S/c1-19-4-7-21(8-5-19)18-35-28-16-25(31)23(15-27(28)34-3)17-32-24-11-9-22(10-12-24)30-33-26-13-6-20(2)14-29(26)36-30/h4-16,32H,17-18H2,1-3H3. The molecule has 0 aliphatic heterocycles. The third-order valence-corrected chi connectivity index (χ3v) is 7.81. The molecule has 36 heavy (non-hydrogen) atoms. The summed E-state index contributed by atoms with van der Waals surface area (Å²) in [5, 5.41) is 4.54. The summed E-state index contributed by atoms with van der Waals surface area (Å²) in [4.78, 5) is 4.79. The molecule has 0 amide bonds. The van der Waals surface area contributed by atoms with Crippen molar-refractivity contribution in [2.45, 2.75) is 27.0 Å². The van der Waals surface area contributed by atoms with E-state index in [2.05, 4.69) is 102 Å². The van der Waals surface area contributed by atoms with Gasteiger partial charge in [0.25, 0.3) is 0 Å². The summed E-state index contributed by atoms with van der Waals surface area (Å²) in [5.41, 5.74) is 7.91. The smallest absolute Gasteiger partial charge is 0.162 e. The second kappa shape index (κ2) is 10.7. The molecule has 1 heterocycles. The van der Waals surface area contributed by atoms with E-state index >= 15 is 0 Å². The minimum absolute atomic E-state index is 0.487. The number of benzene rings is 4. The zero-order valence-electron chi connectivity index (χ0n) is 20.5. The van der Waals surface area contributed by atoms with Crippen LogP contribution in [0.2, 0.25) is 0 Å². The van der Waals surface area contributed by atoms with Crippen LogP contribution in [0.25, 0.3) is 20.8 Å². The van der Waals surface area contributed by atoms with Crippen molar-refractivity contribution in [3.63, 3.8) is 0 Å². The van der Waals surface area contributed by atoms with Crippen LogP contribution in [0.5, 0.6) is 11.5 Å². The maximum absolute atomic E-state index is 6.06. The Morgan fingerprint density at radius 1 is 0.861 bits per heavy atom. The molecule has 0 spiro atoms. The Morgan fingerprint density at radius 3 is 2.36 bits per heavy atom. The number of thiazole rings is 1. The molecule has 0 bridgehead atoms. The molecule has 0 fully saturated rings. The number of aryl methyl sites for hydroxylation is 2. The van der Waals surface area contributed by atoms with Crippen molar-refractivity contribution in [2.75, 3.05) is 12.4 Å². The fourth-order valence-electron chi connectivity index (χ4n) is 3.91. The fourth-order valence-corrected chi connectivity index (χ4v) is 5.45. The molecule has 0 atom stereocenters. The van der Waals surface area contributed by atoms with Gasteiger partial charge in [0.1, 0.15) is 11.6 Å². The lowest BCUT2D eigenvalue weighted by molar-refractivity contribution is 0.284. The highest BCUT2D eigenvalue weighted by Crippen LogP contribution is 2.35. The minimum atomic E-state index is 0.487. The number of methoxy groups -OCH3 is 1. The van der Waals surface area contributed by atoms with Crippen molar-refractivity contribution in [1.82, 2.24) is 4.98 Å². The van der Waals surface area contributed by atoms with E-state index in [1.165, 1.54) is 15.8 Å². The lowest BCUT2D eigenvalue weighted by Gasteiger charge is -2.15. The van der Waals surface area contributed by atoms with Crippen molar-refractivity contribution in [3.05, 3.63) is 106 Å². The van der Waals surface area contributed by atoms with Gasteiger partial charge < -0.3 is 14.8 Å². The van der Waals surface area contributed by atoms with Crippen molar-refractivity contribution < 1.29 is 9.47 Å². The summed E-state index contributed by atoms with van der Waals surface area (Å²) < 4.78 is 13.9. The van der Waals surface area contributed by atoms with Crippen LogP contribution < -0.4 is 14.8 Å². The zero-order chi connectivity index (χ0) is 25.1. The topological polar surface area (TPSA) is 43.4 Å². The van der Waals surface area contributed by atoms with Crippen LogP contribution in [-0.2, 0) is 13.2 Å². The number of ether oxygens (including phenoxy) is 2. The molecular formula is C30H27BrN2O2S. The predicted octanol–water partition coefficient (Wildman–Crippen LogP) is 8.54. The van der Waals surface area contributed by atoms with Crippen LogP contribution in [0.15, 0.2) is 83.3 Å². The molecule has 0 radical (unpaired) electrons. The SMILES string of the molecule is COc1cc(CNc2ccc(-c3nc4ccc(C)cc4s3)cc2)c(Br)cc1OCc1ccc(C)cc1. The molecule has 1 aromatic heterocycles. The first kappa shape index (κ1) is 24.3. The van der Waals surface area contributed by atoms with Gasteiger partial charge in [-0.05, 0) is 79.1 Å². The highest BCUT2D eigenvalue weighted by Gasteiger charge is 2.12. The quantitative estimate of drug-likeness (QED) is 0.207. The van der Waals surface area contributed by atoms with Crippen LogP contribution >= 0.6 is 27.3 Å². The summed E-state index contributed by atoms with van der Waals surface area (Å²) in [6.45, 7) is 5.32. The van der Waals surface area contributed by atoms with Gasteiger partial charge in [-0.2, -0.15) is 0 Å². The fraction of sp³-hybridized carbons (Fsp3) is 0.167. The molecule has 5 rings (SSSR count). The van der Waals surface area contributed by atoms with E-state index in [4.69, 9.17) is 14.5 Å². The summed E-state index contributed by atoms with van der Waals surface area (Å²) in [6.07, 6.45) is 0. The number of rotatable bonds is 8. The third-order valence-electron chi connectivity index (χ3n) is 6.01. The molecule has 1 N–H and O–H groups in total. The van der Waals surface area contributed by atoms with Gasteiger partial charge in [0.05, 0.1) is 17.3 Å². The Labute approximate surface area is 224 Å². The van der Waals surface area contributed by atoms with E-state index in [-0.39, 0.29) is 0 Å². The molecule has 5 aromatic rings. The van der Waals surface area contributed by atoms with Crippen LogP contribution in [-0.4, -0.2) is 12.1 Å². The first-order valence-electron chi connectivity index (χ1n) is 11.7. The second-order valence-electron chi connectivity index (χ2n) is 8.79. The van der Waals surface area contributed by atoms with E-state index in [1.54, 1.807) is 18.4 Å². The van der Waals surface area contributed by atoms with E-state index in [9.17, 15) is 0 Å². The van der Waals surface area contributed by atoms with Crippen LogP contribution in [0, 0.1) is 13.8 Å². The third kappa shape index (κ3) is 5.55. The van der Waals surface area contributed by atoms with Gasteiger partial charge in [0.2, 0.25) is 0 Å². The first-order chi connectivity index (χ1) is 17.5. The average molecular weight is 560 g/mol. The predicted molar refractivity (Wildman–Crippen MR) is 153 cm³/mol. The van der Waals surface area contributed by atoms with E-state index in [0.29, 0.717) is 24.7 Å². The van der Waals surface area contributed by atoms with Gasteiger partial charge >= 0.3 is 0 Å². The summed E-state index contributed by atoms with van der Waals surface area (Å²) in [7, 11) is 1.67. The summed E-state index contributed by atoms with van der Waals surface area (Å²) in [5.74, 6) is 1.42. The highest BCUT2D eigenvalue weighted by molar-refractivity contribution is 9.10. The number of hydrogen-bond acceptors (Lipinski definition) is 5. The van der Waals surface area contributed by atoms with Gasteiger partial charge in [0.15, 0.2) is 11.5 Å². The second-order valence-corrected chi connectivity index (χ2v) is 10.7. The Morgan fingerprint density at radius 2 is 1.61 bits per heavy atom. The van der Waals surface area contributed by atoms with Gasteiger partial charge in [-0.3, -0.25) is 0 Å². The van der Waals surface area contributed by atoms with Gasteiger partial charge in [-0.1, -0.05) is 51.8 Å². The first-order valence-corrected chi connectivity index (χ1v) is 13.4. The lowest BCUT2D eigenvalue weighted by atomic mass is 10.1. The molecule has 6 heteroatoms. The number of fused-ring (bicyclic) bond motifs is 1. The Hall–Kier alpha value is -3.35. The summed E-state index contributed by atoms with van der Waals surface area (Å²) >= 11 is 5.43.